The standard InChI is InChI=1S/C22H28N2O3S/c1-15(25)23-22-20(18-5-3-4-6-19(18)28-22)21(24-11-13-27-14-12-24)16-7-9-17(26-2)10-8-16/h7-10,21H,3-6,11-14H2,1-2H3,(H,23,25). The van der Waals surface area contributed by atoms with Crippen LogP contribution in [0.3, 0.4) is 0 Å². The van der Waals surface area contributed by atoms with Gasteiger partial charge in [0.1, 0.15) is 10.8 Å². The van der Waals surface area contributed by atoms with E-state index in [0.717, 1.165) is 49.9 Å². The highest BCUT2D eigenvalue weighted by Crippen LogP contribution is 2.45. The lowest BCUT2D eigenvalue weighted by Crippen LogP contribution is -2.40. The second-order valence-corrected chi connectivity index (χ2v) is 8.56. The highest BCUT2D eigenvalue weighted by atomic mass is 32.1. The second kappa shape index (κ2) is 8.64. The molecule has 1 aromatic heterocycles. The molecule has 1 aromatic carbocycles. The molecule has 1 aliphatic carbocycles. The van der Waals surface area contributed by atoms with E-state index < -0.39 is 0 Å². The molecule has 2 aliphatic rings. The highest BCUT2D eigenvalue weighted by molar-refractivity contribution is 7.16. The number of fused-ring (bicyclic) bond motifs is 1. The molecule has 0 bridgehead atoms. The molecule has 28 heavy (non-hydrogen) atoms. The summed E-state index contributed by atoms with van der Waals surface area (Å²) in [6.07, 6.45) is 4.66. The molecule has 0 saturated carbocycles. The van der Waals surface area contributed by atoms with E-state index in [-0.39, 0.29) is 11.9 Å². The van der Waals surface area contributed by atoms with Crippen molar-refractivity contribution < 1.29 is 14.3 Å². The van der Waals surface area contributed by atoms with Crippen molar-refractivity contribution in [2.24, 2.45) is 0 Å². The van der Waals surface area contributed by atoms with Gasteiger partial charge in [-0.25, -0.2) is 0 Å². The number of ether oxygens (including phenoxy) is 2. The van der Waals surface area contributed by atoms with E-state index in [1.807, 2.05) is 12.1 Å². The maximum atomic E-state index is 11.9. The third-order valence-electron chi connectivity index (χ3n) is 5.62. The van der Waals surface area contributed by atoms with Gasteiger partial charge in [0.2, 0.25) is 5.91 Å². The molecular formula is C22H28N2O3S. The van der Waals surface area contributed by atoms with Crippen molar-refractivity contribution in [3.8, 4) is 5.75 Å². The summed E-state index contributed by atoms with van der Waals surface area (Å²) >= 11 is 1.77. The van der Waals surface area contributed by atoms with E-state index in [2.05, 4.69) is 22.3 Å². The zero-order chi connectivity index (χ0) is 19.5. The molecule has 1 N–H and O–H groups in total. The quantitative estimate of drug-likeness (QED) is 0.824. The smallest absolute Gasteiger partial charge is 0.221 e. The fourth-order valence-corrected chi connectivity index (χ4v) is 5.68. The van der Waals surface area contributed by atoms with Crippen molar-refractivity contribution in [3.63, 3.8) is 0 Å². The molecule has 4 rings (SSSR count). The van der Waals surface area contributed by atoms with Gasteiger partial charge in [-0.05, 0) is 48.9 Å². The summed E-state index contributed by atoms with van der Waals surface area (Å²) in [6, 6.07) is 8.49. The van der Waals surface area contributed by atoms with Crippen LogP contribution >= 0.6 is 11.3 Å². The molecule has 0 spiro atoms. The van der Waals surface area contributed by atoms with Crippen molar-refractivity contribution in [2.45, 2.75) is 38.6 Å². The maximum Gasteiger partial charge on any atom is 0.221 e. The van der Waals surface area contributed by atoms with Crippen LogP contribution < -0.4 is 10.1 Å². The Hall–Kier alpha value is -1.89. The topological polar surface area (TPSA) is 50.8 Å². The summed E-state index contributed by atoms with van der Waals surface area (Å²) < 4.78 is 11.0. The molecule has 1 aliphatic heterocycles. The second-order valence-electron chi connectivity index (χ2n) is 7.46. The van der Waals surface area contributed by atoms with Gasteiger partial charge >= 0.3 is 0 Å². The van der Waals surface area contributed by atoms with Crippen LogP contribution in [0.25, 0.3) is 0 Å². The number of morpholine rings is 1. The number of hydrogen-bond acceptors (Lipinski definition) is 5. The SMILES string of the molecule is COc1ccc(C(c2c(NC(C)=O)sc3c2CCCC3)N2CCOCC2)cc1. The lowest BCUT2D eigenvalue weighted by molar-refractivity contribution is -0.114. The molecule has 1 fully saturated rings. The number of hydrogen-bond donors (Lipinski definition) is 1. The normalized spacial score (nSPS) is 18.4. The molecule has 0 radical (unpaired) electrons. The van der Waals surface area contributed by atoms with Gasteiger partial charge in [-0.15, -0.1) is 11.3 Å². The number of benzene rings is 1. The van der Waals surface area contributed by atoms with Crippen LogP contribution in [-0.4, -0.2) is 44.2 Å². The van der Waals surface area contributed by atoms with Crippen LogP contribution in [-0.2, 0) is 22.4 Å². The van der Waals surface area contributed by atoms with Crippen LogP contribution in [0.1, 0.15) is 47.4 Å². The minimum absolute atomic E-state index is 0.00435. The van der Waals surface area contributed by atoms with Crippen LogP contribution in [0.15, 0.2) is 24.3 Å². The van der Waals surface area contributed by atoms with E-state index in [4.69, 9.17) is 9.47 Å². The third-order valence-corrected chi connectivity index (χ3v) is 6.84. The van der Waals surface area contributed by atoms with Crippen molar-refractivity contribution in [3.05, 3.63) is 45.8 Å². The Balaban J connectivity index is 1.83. The Labute approximate surface area is 170 Å². The monoisotopic (exact) mass is 400 g/mol. The summed E-state index contributed by atoms with van der Waals surface area (Å²) in [5.41, 5.74) is 3.98. The molecule has 2 aromatic rings. The average Bonchev–Trinajstić information content (AvgIpc) is 3.07. The molecule has 1 unspecified atom stereocenters. The van der Waals surface area contributed by atoms with E-state index in [1.165, 1.54) is 34.4 Å². The average molecular weight is 401 g/mol. The minimum atomic E-state index is -0.00435. The summed E-state index contributed by atoms with van der Waals surface area (Å²) in [5.74, 6) is 0.856. The van der Waals surface area contributed by atoms with E-state index in [9.17, 15) is 4.79 Å². The van der Waals surface area contributed by atoms with Crippen LogP contribution in [0.2, 0.25) is 0 Å². The zero-order valence-electron chi connectivity index (χ0n) is 16.6. The van der Waals surface area contributed by atoms with E-state index >= 15 is 0 Å². The molecule has 1 saturated heterocycles. The number of nitrogens with zero attached hydrogens (tertiary/aromatic N) is 1. The lowest BCUT2D eigenvalue weighted by Gasteiger charge is -2.36. The summed E-state index contributed by atoms with van der Waals surface area (Å²) in [5, 5.41) is 4.16. The van der Waals surface area contributed by atoms with Gasteiger partial charge < -0.3 is 14.8 Å². The van der Waals surface area contributed by atoms with Crippen molar-refractivity contribution in [2.75, 3.05) is 38.7 Å². The molecule has 150 valence electrons. The Morgan fingerprint density at radius 1 is 1.18 bits per heavy atom. The first kappa shape index (κ1) is 19.4. The number of thiophene rings is 1. The van der Waals surface area contributed by atoms with Gasteiger partial charge in [0.25, 0.3) is 0 Å². The fourth-order valence-electron chi connectivity index (χ4n) is 4.31. The van der Waals surface area contributed by atoms with Crippen molar-refractivity contribution in [1.82, 2.24) is 4.90 Å². The number of carbonyl (C=O) groups excluding carboxylic acids is 1. The Morgan fingerprint density at radius 2 is 1.89 bits per heavy atom. The number of aryl methyl sites for hydroxylation is 1. The summed E-state index contributed by atoms with van der Waals surface area (Å²) in [7, 11) is 1.69. The number of methoxy groups -OCH3 is 1. The zero-order valence-corrected chi connectivity index (χ0v) is 17.4. The first-order valence-corrected chi connectivity index (χ1v) is 10.9. The predicted molar refractivity (Wildman–Crippen MR) is 112 cm³/mol. The first-order valence-electron chi connectivity index (χ1n) is 10.0. The van der Waals surface area contributed by atoms with E-state index in [1.54, 1.807) is 25.4 Å². The van der Waals surface area contributed by atoms with Gasteiger partial charge in [0.05, 0.1) is 26.4 Å². The highest BCUT2D eigenvalue weighted by Gasteiger charge is 2.32. The Bertz CT molecular complexity index is 825. The minimum Gasteiger partial charge on any atom is -0.497 e. The summed E-state index contributed by atoms with van der Waals surface area (Å²) in [6.45, 7) is 4.87. The van der Waals surface area contributed by atoms with Crippen molar-refractivity contribution >= 4 is 22.2 Å². The largest absolute Gasteiger partial charge is 0.497 e. The van der Waals surface area contributed by atoms with Gasteiger partial charge in [-0.3, -0.25) is 9.69 Å². The van der Waals surface area contributed by atoms with Crippen LogP contribution in [0, 0.1) is 0 Å². The Kier molecular flexibility index (Phi) is 5.99. The summed E-state index contributed by atoms with van der Waals surface area (Å²) in [4.78, 5) is 15.9. The molecule has 5 nitrogen and oxygen atoms in total. The molecular weight excluding hydrogens is 372 g/mol. The first-order chi connectivity index (χ1) is 13.7. The van der Waals surface area contributed by atoms with Gasteiger partial charge in [-0.1, -0.05) is 12.1 Å². The lowest BCUT2D eigenvalue weighted by atomic mass is 9.88. The fraction of sp³-hybridized carbons (Fsp3) is 0.500. The molecule has 1 amide bonds. The molecule has 6 heteroatoms. The molecule has 2 heterocycles. The van der Waals surface area contributed by atoms with Gasteiger partial charge in [0.15, 0.2) is 0 Å². The van der Waals surface area contributed by atoms with Gasteiger partial charge in [0, 0.05) is 30.5 Å². The molecule has 1 atom stereocenters. The van der Waals surface area contributed by atoms with Gasteiger partial charge in [-0.2, -0.15) is 0 Å². The maximum absolute atomic E-state index is 11.9. The number of rotatable bonds is 5. The van der Waals surface area contributed by atoms with Crippen LogP contribution in [0.5, 0.6) is 5.75 Å². The number of amides is 1. The van der Waals surface area contributed by atoms with Crippen molar-refractivity contribution in [1.29, 1.82) is 0 Å². The predicted octanol–water partition coefficient (Wildman–Crippen LogP) is 4.02. The van der Waals surface area contributed by atoms with Crippen LogP contribution in [0.4, 0.5) is 5.00 Å². The van der Waals surface area contributed by atoms with E-state index in [0.29, 0.717) is 0 Å². The number of nitrogens with one attached hydrogen (secondary N) is 1. The third kappa shape index (κ3) is 3.95. The number of carbonyl (C=O) groups is 1. The number of anilines is 1. The Morgan fingerprint density at radius 3 is 2.57 bits per heavy atom.